The van der Waals surface area contributed by atoms with E-state index in [9.17, 15) is 4.79 Å². The Balaban J connectivity index is 1.67. The van der Waals surface area contributed by atoms with Gasteiger partial charge in [-0.15, -0.1) is 0 Å². The van der Waals surface area contributed by atoms with Crippen LogP contribution in [-0.4, -0.2) is 16.9 Å². The van der Waals surface area contributed by atoms with Gasteiger partial charge in [-0.1, -0.05) is 40.9 Å². The van der Waals surface area contributed by atoms with Gasteiger partial charge in [-0.3, -0.25) is 9.78 Å². The highest BCUT2D eigenvalue weighted by molar-refractivity contribution is 6.42. The second kappa shape index (κ2) is 7.92. The van der Waals surface area contributed by atoms with Crippen LogP contribution in [0, 0.1) is 18.3 Å². The molecule has 1 N–H and O–H groups in total. The van der Waals surface area contributed by atoms with E-state index < -0.39 is 5.41 Å². The number of pyridine rings is 1. The van der Waals surface area contributed by atoms with Gasteiger partial charge in [0.15, 0.2) is 0 Å². The van der Waals surface area contributed by atoms with E-state index in [2.05, 4.69) is 16.4 Å². The lowest BCUT2D eigenvalue weighted by atomic mass is 9.90. The first-order valence-corrected chi connectivity index (χ1v) is 10.4. The number of rotatable bonds is 4. The fourth-order valence-electron chi connectivity index (χ4n) is 3.77. The zero-order chi connectivity index (χ0) is 21.5. The van der Waals surface area contributed by atoms with Crippen LogP contribution < -0.4 is 5.32 Å². The summed E-state index contributed by atoms with van der Waals surface area (Å²) in [5.74, 6) is -0.205. The van der Waals surface area contributed by atoms with Gasteiger partial charge >= 0.3 is 0 Å². The molecule has 3 aromatic rings. The molecular weight excluding hydrogens is 441 g/mol. The average molecular weight is 457 g/mol. The van der Waals surface area contributed by atoms with Crippen molar-refractivity contribution in [3.8, 4) is 6.07 Å². The summed E-state index contributed by atoms with van der Waals surface area (Å²) < 4.78 is 0. The van der Waals surface area contributed by atoms with Crippen molar-refractivity contribution in [1.29, 1.82) is 5.26 Å². The number of carbonyl (C=O) groups is 1. The maximum Gasteiger partial charge on any atom is 0.251 e. The van der Waals surface area contributed by atoms with Crippen molar-refractivity contribution >= 4 is 40.7 Å². The Bertz CT molecular complexity index is 1190. The number of amides is 1. The maximum absolute atomic E-state index is 12.9. The summed E-state index contributed by atoms with van der Waals surface area (Å²) >= 11 is 18.4. The average Bonchev–Trinajstić information content (AvgIpc) is 3.45. The second-order valence-electron chi connectivity index (χ2n) is 7.33. The zero-order valence-electron chi connectivity index (χ0n) is 15.9. The third-order valence-electron chi connectivity index (χ3n) is 5.49. The molecule has 0 spiro atoms. The largest absolute Gasteiger partial charge is 0.348 e. The molecule has 1 aromatic heterocycles. The van der Waals surface area contributed by atoms with E-state index in [1.54, 1.807) is 36.5 Å². The maximum atomic E-state index is 12.9. The number of benzene rings is 2. The molecule has 0 radical (unpaired) electrons. The van der Waals surface area contributed by atoms with E-state index in [1.165, 1.54) is 0 Å². The molecule has 1 aliphatic rings. The topological polar surface area (TPSA) is 65.8 Å². The van der Waals surface area contributed by atoms with Gasteiger partial charge in [-0.05, 0) is 66.9 Å². The monoisotopic (exact) mass is 455 g/mol. The third kappa shape index (κ3) is 3.65. The Kier molecular flexibility index (Phi) is 5.46. The molecule has 1 amide bonds. The lowest BCUT2D eigenvalue weighted by molar-refractivity contribution is 0.0948. The molecule has 0 saturated heterocycles. The number of nitriles is 1. The van der Waals surface area contributed by atoms with E-state index in [0.717, 1.165) is 16.8 Å². The molecule has 150 valence electrons. The molecule has 2 atom stereocenters. The van der Waals surface area contributed by atoms with Gasteiger partial charge in [0, 0.05) is 17.8 Å². The van der Waals surface area contributed by atoms with Crippen LogP contribution in [0.15, 0.2) is 54.7 Å². The van der Waals surface area contributed by atoms with Crippen molar-refractivity contribution < 1.29 is 4.79 Å². The highest BCUT2D eigenvalue weighted by Crippen LogP contribution is 2.53. The van der Waals surface area contributed by atoms with Crippen molar-refractivity contribution in [3.05, 3.63) is 97.7 Å². The Hall–Kier alpha value is -2.58. The lowest BCUT2D eigenvalue weighted by Crippen LogP contribution is -2.32. The normalized spacial score (nSPS) is 19.8. The van der Waals surface area contributed by atoms with Crippen LogP contribution in [0.25, 0.3) is 0 Å². The van der Waals surface area contributed by atoms with E-state index in [4.69, 9.17) is 40.1 Å². The number of nitrogens with zero attached hydrogens (tertiary/aromatic N) is 2. The van der Waals surface area contributed by atoms with Gasteiger partial charge in [0.05, 0.1) is 37.8 Å². The second-order valence-corrected chi connectivity index (χ2v) is 8.58. The van der Waals surface area contributed by atoms with Crippen molar-refractivity contribution in [1.82, 2.24) is 10.3 Å². The van der Waals surface area contributed by atoms with Crippen LogP contribution in [0.2, 0.25) is 15.1 Å². The fourth-order valence-corrected chi connectivity index (χ4v) is 4.18. The van der Waals surface area contributed by atoms with Gasteiger partial charge in [-0.2, -0.15) is 5.26 Å². The molecule has 0 bridgehead atoms. The summed E-state index contributed by atoms with van der Waals surface area (Å²) in [4.78, 5) is 17.4. The number of hydrogen-bond acceptors (Lipinski definition) is 3. The summed E-state index contributed by atoms with van der Waals surface area (Å²) in [6.45, 7) is 1.81. The number of aromatic nitrogens is 1. The van der Waals surface area contributed by atoms with Crippen LogP contribution in [-0.2, 0) is 5.41 Å². The van der Waals surface area contributed by atoms with Gasteiger partial charge in [0.1, 0.15) is 0 Å². The van der Waals surface area contributed by atoms with Crippen molar-refractivity contribution in [3.63, 3.8) is 0 Å². The predicted molar refractivity (Wildman–Crippen MR) is 118 cm³/mol. The van der Waals surface area contributed by atoms with Crippen LogP contribution in [0.3, 0.4) is 0 Å². The number of nitrogens with one attached hydrogen (secondary N) is 1. The van der Waals surface area contributed by atoms with Crippen molar-refractivity contribution in [2.45, 2.75) is 24.8 Å². The molecule has 2 aromatic carbocycles. The molecular formula is C23H16Cl3N3O. The number of aryl methyl sites for hydroxylation is 1. The van der Waals surface area contributed by atoms with Crippen LogP contribution >= 0.6 is 34.8 Å². The first-order chi connectivity index (χ1) is 14.3. The highest BCUT2D eigenvalue weighted by atomic mass is 35.5. The Morgan fingerprint density at radius 3 is 2.57 bits per heavy atom. The third-order valence-corrected chi connectivity index (χ3v) is 6.46. The summed E-state index contributed by atoms with van der Waals surface area (Å²) in [5.41, 5.74) is 3.02. The SMILES string of the molecule is Cc1cc(C(=O)NC2CC2(c2ccc(Cl)c(Cl)c2)c2ccc(Cl)cn2)ccc1C#N. The lowest BCUT2D eigenvalue weighted by Gasteiger charge is -2.19. The van der Waals surface area contributed by atoms with Crippen molar-refractivity contribution in [2.24, 2.45) is 0 Å². The minimum Gasteiger partial charge on any atom is -0.348 e. The smallest absolute Gasteiger partial charge is 0.251 e. The molecule has 4 rings (SSSR count). The molecule has 1 aliphatic carbocycles. The molecule has 30 heavy (non-hydrogen) atoms. The molecule has 0 aliphatic heterocycles. The predicted octanol–water partition coefficient (Wildman–Crippen LogP) is 5.71. The highest BCUT2D eigenvalue weighted by Gasteiger charge is 2.58. The van der Waals surface area contributed by atoms with Crippen LogP contribution in [0.4, 0.5) is 0 Å². The van der Waals surface area contributed by atoms with Gasteiger partial charge in [0.2, 0.25) is 0 Å². The molecule has 1 heterocycles. The number of carbonyl (C=O) groups excluding carboxylic acids is 1. The Labute approximate surface area is 189 Å². The zero-order valence-corrected chi connectivity index (χ0v) is 18.2. The fraction of sp³-hybridized carbons (Fsp3) is 0.174. The summed E-state index contributed by atoms with van der Waals surface area (Å²) in [5, 5.41) is 13.7. The van der Waals surface area contributed by atoms with Crippen LogP contribution in [0.5, 0.6) is 0 Å². The minimum absolute atomic E-state index is 0.174. The Morgan fingerprint density at radius 2 is 1.93 bits per heavy atom. The molecule has 1 saturated carbocycles. The van der Waals surface area contributed by atoms with Gasteiger partial charge < -0.3 is 5.32 Å². The standard InChI is InChI=1S/C23H16Cl3N3O/c1-13-8-14(2-3-15(13)11-27)22(30)29-21-10-23(21,20-7-5-17(24)12-28-20)16-4-6-18(25)19(26)9-16/h2-9,12,21H,10H2,1H3,(H,29,30). The van der Waals surface area contributed by atoms with Gasteiger partial charge in [0.25, 0.3) is 5.91 Å². The molecule has 1 fully saturated rings. The Morgan fingerprint density at radius 1 is 1.13 bits per heavy atom. The first kappa shape index (κ1) is 20.7. The quantitative estimate of drug-likeness (QED) is 0.547. The van der Waals surface area contributed by atoms with E-state index in [1.807, 2.05) is 25.1 Å². The molecule has 2 unspecified atom stereocenters. The molecule has 7 heteroatoms. The van der Waals surface area contributed by atoms with Crippen molar-refractivity contribution in [2.75, 3.05) is 0 Å². The first-order valence-electron chi connectivity index (χ1n) is 9.24. The van der Waals surface area contributed by atoms with Crippen LogP contribution in [0.1, 0.15) is 39.2 Å². The number of hydrogen-bond donors (Lipinski definition) is 1. The van der Waals surface area contributed by atoms with E-state index in [-0.39, 0.29) is 11.9 Å². The minimum atomic E-state index is -0.518. The van der Waals surface area contributed by atoms with E-state index in [0.29, 0.717) is 32.6 Å². The summed E-state index contributed by atoms with van der Waals surface area (Å²) in [6.07, 6.45) is 2.26. The van der Waals surface area contributed by atoms with Gasteiger partial charge in [-0.25, -0.2) is 0 Å². The summed E-state index contributed by atoms with van der Waals surface area (Å²) in [7, 11) is 0. The van der Waals surface area contributed by atoms with E-state index >= 15 is 0 Å². The molecule has 4 nitrogen and oxygen atoms in total. The number of halogens is 3. The summed E-state index contributed by atoms with van der Waals surface area (Å²) in [6, 6.07) is 16.1.